The van der Waals surface area contributed by atoms with Gasteiger partial charge in [0.2, 0.25) is 5.91 Å². The van der Waals surface area contributed by atoms with Crippen LogP contribution in [0.1, 0.15) is 40.0 Å². The lowest BCUT2D eigenvalue weighted by Crippen LogP contribution is -2.46. The number of nitrogens with two attached hydrogens (primary N) is 1. The quantitative estimate of drug-likeness (QED) is 0.772. The second kappa shape index (κ2) is 4.97. The van der Waals surface area contributed by atoms with Crippen LogP contribution in [0, 0.1) is 11.3 Å². The summed E-state index contributed by atoms with van der Waals surface area (Å²) in [7, 11) is 0. The van der Waals surface area contributed by atoms with E-state index >= 15 is 0 Å². The van der Waals surface area contributed by atoms with Gasteiger partial charge in [0.05, 0.1) is 0 Å². The number of amides is 1. The van der Waals surface area contributed by atoms with Crippen LogP contribution in [0.4, 0.5) is 0 Å². The Bertz CT molecular complexity index is 220. The Labute approximate surface area is 93.0 Å². The monoisotopic (exact) mass is 212 g/mol. The lowest BCUT2D eigenvalue weighted by atomic mass is 9.80. The minimum absolute atomic E-state index is 0.173. The molecule has 3 nitrogen and oxygen atoms in total. The third-order valence-corrected chi connectivity index (χ3v) is 3.81. The molecule has 0 aromatic carbocycles. The number of carbonyl (C=O) groups excluding carboxylic acids is 1. The van der Waals surface area contributed by atoms with Crippen LogP contribution in [0.5, 0.6) is 0 Å². The number of piperidine rings is 1. The molecular weight excluding hydrogens is 188 g/mol. The van der Waals surface area contributed by atoms with Gasteiger partial charge in [-0.25, -0.2) is 0 Å². The SMILES string of the molecule is CCC(C)C(=O)N1CCC(C)(CN)CC1. The Balaban J connectivity index is 2.47. The van der Waals surface area contributed by atoms with E-state index in [9.17, 15) is 4.79 Å². The van der Waals surface area contributed by atoms with Gasteiger partial charge >= 0.3 is 0 Å². The second-order valence-corrected chi connectivity index (χ2v) is 5.15. The molecule has 1 atom stereocenters. The maximum Gasteiger partial charge on any atom is 0.225 e. The van der Waals surface area contributed by atoms with Gasteiger partial charge in [-0.1, -0.05) is 20.8 Å². The zero-order chi connectivity index (χ0) is 11.5. The average molecular weight is 212 g/mol. The van der Waals surface area contributed by atoms with Crippen LogP contribution in [-0.4, -0.2) is 30.4 Å². The Kier molecular flexibility index (Phi) is 4.14. The smallest absolute Gasteiger partial charge is 0.225 e. The highest BCUT2D eigenvalue weighted by molar-refractivity contribution is 5.78. The van der Waals surface area contributed by atoms with Crippen LogP contribution >= 0.6 is 0 Å². The number of likely N-dealkylation sites (tertiary alicyclic amines) is 1. The molecular formula is C12H24N2O. The molecule has 0 bridgehead atoms. The van der Waals surface area contributed by atoms with Gasteiger partial charge in [-0.05, 0) is 31.2 Å². The molecule has 2 N–H and O–H groups in total. The first kappa shape index (κ1) is 12.5. The molecule has 0 spiro atoms. The van der Waals surface area contributed by atoms with Crippen LogP contribution in [0.25, 0.3) is 0 Å². The van der Waals surface area contributed by atoms with E-state index < -0.39 is 0 Å². The van der Waals surface area contributed by atoms with Crippen molar-refractivity contribution in [3.63, 3.8) is 0 Å². The van der Waals surface area contributed by atoms with Gasteiger partial charge < -0.3 is 10.6 Å². The molecule has 0 aromatic rings. The third kappa shape index (κ3) is 2.94. The molecule has 0 radical (unpaired) electrons. The summed E-state index contributed by atoms with van der Waals surface area (Å²) in [4.78, 5) is 13.9. The van der Waals surface area contributed by atoms with Crippen molar-refractivity contribution >= 4 is 5.91 Å². The maximum atomic E-state index is 11.9. The van der Waals surface area contributed by atoms with Gasteiger partial charge in [-0.2, -0.15) is 0 Å². The largest absolute Gasteiger partial charge is 0.342 e. The Morgan fingerprint density at radius 3 is 2.40 bits per heavy atom. The maximum absolute atomic E-state index is 11.9. The van der Waals surface area contributed by atoms with E-state index in [1.807, 2.05) is 11.8 Å². The molecule has 15 heavy (non-hydrogen) atoms. The van der Waals surface area contributed by atoms with E-state index in [-0.39, 0.29) is 11.3 Å². The highest BCUT2D eigenvalue weighted by Crippen LogP contribution is 2.30. The van der Waals surface area contributed by atoms with Crippen LogP contribution in [0.15, 0.2) is 0 Å². The summed E-state index contributed by atoms with van der Waals surface area (Å²) in [6.07, 6.45) is 3.03. The predicted octanol–water partition coefficient (Wildman–Crippen LogP) is 1.62. The molecule has 1 aliphatic heterocycles. The first-order valence-electron chi connectivity index (χ1n) is 6.01. The molecule has 88 valence electrons. The minimum Gasteiger partial charge on any atom is -0.342 e. The summed E-state index contributed by atoms with van der Waals surface area (Å²) >= 11 is 0. The normalized spacial score (nSPS) is 22.5. The van der Waals surface area contributed by atoms with Crippen molar-refractivity contribution in [2.24, 2.45) is 17.1 Å². The standard InChI is InChI=1S/C12H24N2O/c1-4-10(2)11(15)14-7-5-12(3,9-13)6-8-14/h10H,4-9,13H2,1-3H3. The topological polar surface area (TPSA) is 46.3 Å². The zero-order valence-electron chi connectivity index (χ0n) is 10.3. The number of rotatable bonds is 3. The summed E-state index contributed by atoms with van der Waals surface area (Å²) in [6, 6.07) is 0. The molecule has 1 aliphatic rings. The number of carbonyl (C=O) groups is 1. The van der Waals surface area contributed by atoms with E-state index in [2.05, 4.69) is 13.8 Å². The molecule has 1 heterocycles. The molecule has 0 aromatic heterocycles. The van der Waals surface area contributed by atoms with E-state index in [1.165, 1.54) is 0 Å². The summed E-state index contributed by atoms with van der Waals surface area (Å²) in [5.41, 5.74) is 6.00. The Morgan fingerprint density at radius 1 is 1.47 bits per heavy atom. The Morgan fingerprint density at radius 2 is 2.00 bits per heavy atom. The van der Waals surface area contributed by atoms with Crippen molar-refractivity contribution < 1.29 is 4.79 Å². The van der Waals surface area contributed by atoms with Gasteiger partial charge in [0.25, 0.3) is 0 Å². The molecule has 3 heteroatoms. The highest BCUT2D eigenvalue weighted by Gasteiger charge is 2.31. The van der Waals surface area contributed by atoms with Crippen molar-refractivity contribution in [3.05, 3.63) is 0 Å². The molecule has 0 aliphatic carbocycles. The van der Waals surface area contributed by atoms with Crippen molar-refractivity contribution in [1.82, 2.24) is 4.90 Å². The Hall–Kier alpha value is -0.570. The van der Waals surface area contributed by atoms with Crippen molar-refractivity contribution in [2.45, 2.75) is 40.0 Å². The average Bonchev–Trinajstić information content (AvgIpc) is 2.28. The minimum atomic E-state index is 0.173. The van der Waals surface area contributed by atoms with Crippen LogP contribution < -0.4 is 5.73 Å². The first-order chi connectivity index (χ1) is 7.02. The summed E-state index contributed by atoms with van der Waals surface area (Å²) < 4.78 is 0. The van der Waals surface area contributed by atoms with E-state index in [1.54, 1.807) is 0 Å². The van der Waals surface area contributed by atoms with Crippen LogP contribution in [0.3, 0.4) is 0 Å². The van der Waals surface area contributed by atoms with E-state index in [4.69, 9.17) is 5.73 Å². The van der Waals surface area contributed by atoms with Gasteiger partial charge in [0.1, 0.15) is 0 Å². The van der Waals surface area contributed by atoms with Gasteiger partial charge in [0, 0.05) is 19.0 Å². The van der Waals surface area contributed by atoms with Crippen LogP contribution in [0.2, 0.25) is 0 Å². The molecule has 1 unspecified atom stereocenters. The van der Waals surface area contributed by atoms with Crippen molar-refractivity contribution in [2.75, 3.05) is 19.6 Å². The zero-order valence-corrected chi connectivity index (χ0v) is 10.3. The summed E-state index contributed by atoms with van der Waals surface area (Å²) in [5, 5.41) is 0. The van der Waals surface area contributed by atoms with Crippen LogP contribution in [-0.2, 0) is 4.79 Å². The number of hydrogen-bond acceptors (Lipinski definition) is 2. The first-order valence-corrected chi connectivity index (χ1v) is 6.01. The van der Waals surface area contributed by atoms with Gasteiger partial charge in [-0.3, -0.25) is 4.79 Å². The summed E-state index contributed by atoms with van der Waals surface area (Å²) in [5.74, 6) is 0.490. The van der Waals surface area contributed by atoms with Crippen molar-refractivity contribution in [1.29, 1.82) is 0 Å². The molecule has 1 amide bonds. The summed E-state index contributed by atoms with van der Waals surface area (Å²) in [6.45, 7) is 8.81. The van der Waals surface area contributed by atoms with E-state index in [0.29, 0.717) is 5.91 Å². The van der Waals surface area contributed by atoms with Crippen molar-refractivity contribution in [3.8, 4) is 0 Å². The fourth-order valence-corrected chi connectivity index (χ4v) is 1.96. The lowest BCUT2D eigenvalue weighted by molar-refractivity contribution is -0.137. The molecule has 1 saturated heterocycles. The predicted molar refractivity (Wildman–Crippen MR) is 62.4 cm³/mol. The fraction of sp³-hybridized carbons (Fsp3) is 0.917. The van der Waals surface area contributed by atoms with E-state index in [0.717, 1.165) is 38.9 Å². The molecule has 0 saturated carbocycles. The number of nitrogens with zero attached hydrogens (tertiary/aromatic N) is 1. The van der Waals surface area contributed by atoms with Gasteiger partial charge in [0.15, 0.2) is 0 Å². The number of hydrogen-bond donors (Lipinski definition) is 1. The lowest BCUT2D eigenvalue weighted by Gasteiger charge is -2.39. The second-order valence-electron chi connectivity index (χ2n) is 5.15. The molecule has 1 rings (SSSR count). The molecule has 1 fully saturated rings. The van der Waals surface area contributed by atoms with Gasteiger partial charge in [-0.15, -0.1) is 0 Å². The fourth-order valence-electron chi connectivity index (χ4n) is 1.96. The third-order valence-electron chi connectivity index (χ3n) is 3.81. The highest BCUT2D eigenvalue weighted by atomic mass is 16.2.